The molecule has 1 unspecified atom stereocenters. The molecule has 0 radical (unpaired) electrons. The number of carbonyl (C=O) groups excluding carboxylic acids is 3. The normalized spacial score (nSPS) is 15.4. The minimum atomic E-state index is -1.80. The van der Waals surface area contributed by atoms with E-state index in [0.29, 0.717) is 22.7 Å². The number of ether oxygens (including phenoxy) is 2. The molecule has 0 bridgehead atoms. The van der Waals surface area contributed by atoms with Crippen molar-refractivity contribution in [2.75, 3.05) is 30.2 Å². The smallest absolute Gasteiger partial charge is 0.239 e. The maximum atomic E-state index is 13.3. The van der Waals surface area contributed by atoms with E-state index in [1.54, 1.807) is 18.2 Å². The lowest BCUT2D eigenvalue weighted by molar-refractivity contribution is -0.134. The number of halogens is 1. The van der Waals surface area contributed by atoms with E-state index in [4.69, 9.17) is 9.47 Å². The molecule has 1 aliphatic carbocycles. The second-order valence-corrected chi connectivity index (χ2v) is 10.2. The molecule has 0 saturated heterocycles. The summed E-state index contributed by atoms with van der Waals surface area (Å²) in [5, 5.41) is 5.57. The van der Waals surface area contributed by atoms with E-state index in [9.17, 15) is 23.0 Å². The average Bonchev–Trinajstić information content (AvgIpc) is 3.51. The molecular formula is C25H28FN3O6S. The Labute approximate surface area is 210 Å². The van der Waals surface area contributed by atoms with Crippen LogP contribution in [0.3, 0.4) is 0 Å². The van der Waals surface area contributed by atoms with Crippen molar-refractivity contribution in [1.82, 2.24) is 10.2 Å². The molecule has 2 N–H and O–H groups in total. The summed E-state index contributed by atoms with van der Waals surface area (Å²) in [5.74, 6) is -1.52. The van der Waals surface area contributed by atoms with Gasteiger partial charge in [-0.3, -0.25) is 18.6 Å². The van der Waals surface area contributed by atoms with Crippen molar-refractivity contribution in [2.45, 2.75) is 38.3 Å². The van der Waals surface area contributed by atoms with Gasteiger partial charge in [0.25, 0.3) is 0 Å². The average molecular weight is 518 g/mol. The highest BCUT2D eigenvalue weighted by atomic mass is 32.2. The summed E-state index contributed by atoms with van der Waals surface area (Å²) in [7, 11) is -1.80. The Bertz CT molecular complexity index is 1140. The first kappa shape index (κ1) is 25.6. The lowest BCUT2D eigenvalue weighted by atomic mass is 10.2. The first-order valence-corrected chi connectivity index (χ1v) is 13.2. The highest BCUT2D eigenvalue weighted by molar-refractivity contribution is 7.86. The van der Waals surface area contributed by atoms with Gasteiger partial charge < -0.3 is 25.0 Å². The van der Waals surface area contributed by atoms with Gasteiger partial charge in [0.15, 0.2) is 11.5 Å². The van der Waals surface area contributed by atoms with Gasteiger partial charge in [-0.15, -0.1) is 0 Å². The zero-order valence-electron chi connectivity index (χ0n) is 19.7. The molecule has 9 nitrogen and oxygen atoms in total. The molecule has 2 aromatic carbocycles. The second kappa shape index (κ2) is 12.0. The summed E-state index contributed by atoms with van der Waals surface area (Å²) < 4.78 is 36.4. The molecule has 2 aromatic rings. The van der Waals surface area contributed by atoms with E-state index < -0.39 is 39.9 Å². The van der Waals surface area contributed by atoms with E-state index in [0.717, 1.165) is 25.7 Å². The highest BCUT2D eigenvalue weighted by Gasteiger charge is 2.24. The van der Waals surface area contributed by atoms with Gasteiger partial charge in [0, 0.05) is 35.1 Å². The van der Waals surface area contributed by atoms with Gasteiger partial charge in [-0.2, -0.15) is 0 Å². The predicted molar refractivity (Wildman–Crippen MR) is 131 cm³/mol. The maximum absolute atomic E-state index is 13.3. The highest BCUT2D eigenvalue weighted by Crippen LogP contribution is 2.34. The maximum Gasteiger partial charge on any atom is 0.239 e. The number of nitrogens with one attached hydrogen (secondary N) is 2. The molecule has 1 fully saturated rings. The van der Waals surface area contributed by atoms with Crippen LogP contribution in [0.2, 0.25) is 0 Å². The monoisotopic (exact) mass is 517 g/mol. The van der Waals surface area contributed by atoms with E-state index in [1.165, 1.54) is 29.2 Å². The largest absolute Gasteiger partial charge is 0.454 e. The molecule has 11 heteroatoms. The third-order valence-corrected chi connectivity index (χ3v) is 7.08. The number of rotatable bonds is 10. The Morgan fingerprint density at radius 3 is 2.44 bits per heavy atom. The van der Waals surface area contributed by atoms with E-state index >= 15 is 0 Å². The molecule has 4 rings (SSSR count). The number of carbonyl (C=O) groups is 3. The molecule has 1 aliphatic heterocycles. The van der Waals surface area contributed by atoms with E-state index in [1.807, 2.05) is 0 Å². The van der Waals surface area contributed by atoms with Crippen LogP contribution in [0.15, 0.2) is 42.5 Å². The van der Waals surface area contributed by atoms with Gasteiger partial charge in [0.05, 0.1) is 6.54 Å². The van der Waals surface area contributed by atoms with Crippen LogP contribution >= 0.6 is 0 Å². The molecule has 1 saturated carbocycles. The third-order valence-electron chi connectivity index (χ3n) is 5.93. The van der Waals surface area contributed by atoms with E-state index in [2.05, 4.69) is 10.6 Å². The predicted octanol–water partition coefficient (Wildman–Crippen LogP) is 2.33. The van der Waals surface area contributed by atoms with Gasteiger partial charge in [-0.05, 0) is 42.7 Å². The van der Waals surface area contributed by atoms with Gasteiger partial charge >= 0.3 is 0 Å². The molecule has 1 heterocycles. The Balaban J connectivity index is 1.33. The lowest BCUT2D eigenvalue weighted by Gasteiger charge is -2.23. The summed E-state index contributed by atoms with van der Waals surface area (Å²) in [6.45, 7) is -0.0585. The first-order valence-electron chi connectivity index (χ1n) is 11.7. The summed E-state index contributed by atoms with van der Waals surface area (Å²) in [4.78, 5) is 39.2. The second-order valence-electron chi connectivity index (χ2n) is 8.77. The van der Waals surface area contributed by atoms with Crippen molar-refractivity contribution in [3.05, 3.63) is 53.8 Å². The summed E-state index contributed by atoms with van der Waals surface area (Å²) in [6, 6.07) is 10.6. The summed E-state index contributed by atoms with van der Waals surface area (Å²) >= 11 is 0. The molecular weight excluding hydrogens is 489 g/mol. The van der Waals surface area contributed by atoms with Crippen molar-refractivity contribution in [1.29, 1.82) is 0 Å². The molecule has 36 heavy (non-hydrogen) atoms. The van der Waals surface area contributed by atoms with Crippen LogP contribution in [-0.2, 0) is 31.7 Å². The van der Waals surface area contributed by atoms with Crippen LogP contribution in [0.4, 0.5) is 10.1 Å². The molecule has 0 aromatic heterocycles. The summed E-state index contributed by atoms with van der Waals surface area (Å²) in [5.41, 5.74) is 1.08. The number of hydrogen-bond donors (Lipinski definition) is 2. The zero-order chi connectivity index (χ0) is 25.5. The van der Waals surface area contributed by atoms with Crippen molar-refractivity contribution in [2.24, 2.45) is 0 Å². The number of benzene rings is 2. The standard InChI is InChI=1S/C25H28FN3O6S/c26-18-7-5-17(6-8-18)12-29(13-23(30)27-19-3-1-2-4-19)25(32)15-36(33)14-24(31)28-20-9-10-21-22(11-20)35-16-34-21/h5-11,19H,1-4,12-16H2,(H,27,30)(H,28,31). The number of nitrogens with zero attached hydrogens (tertiary/aromatic N) is 1. The Morgan fingerprint density at radius 2 is 1.69 bits per heavy atom. The fraction of sp³-hybridized carbons (Fsp3) is 0.400. The van der Waals surface area contributed by atoms with Crippen molar-refractivity contribution in [3.63, 3.8) is 0 Å². The van der Waals surface area contributed by atoms with E-state index in [-0.39, 0.29) is 31.8 Å². The van der Waals surface area contributed by atoms with Crippen LogP contribution in [0.25, 0.3) is 0 Å². The van der Waals surface area contributed by atoms with Crippen molar-refractivity contribution >= 4 is 34.2 Å². The van der Waals surface area contributed by atoms with Crippen LogP contribution in [-0.4, -0.2) is 57.7 Å². The Morgan fingerprint density at radius 1 is 0.972 bits per heavy atom. The van der Waals surface area contributed by atoms with Crippen molar-refractivity contribution < 1.29 is 32.5 Å². The minimum absolute atomic E-state index is 0.0534. The molecule has 3 amide bonds. The summed E-state index contributed by atoms with van der Waals surface area (Å²) in [6.07, 6.45) is 3.91. The fourth-order valence-corrected chi connectivity index (χ4v) is 5.08. The van der Waals surface area contributed by atoms with Crippen LogP contribution in [0.5, 0.6) is 11.5 Å². The van der Waals surface area contributed by atoms with Gasteiger partial charge in [-0.1, -0.05) is 25.0 Å². The Hall–Kier alpha value is -3.47. The van der Waals surface area contributed by atoms with Gasteiger partial charge in [-0.25, -0.2) is 4.39 Å². The number of hydrogen-bond acceptors (Lipinski definition) is 6. The van der Waals surface area contributed by atoms with Crippen LogP contribution in [0.1, 0.15) is 31.2 Å². The topological polar surface area (TPSA) is 114 Å². The minimum Gasteiger partial charge on any atom is -0.454 e. The van der Waals surface area contributed by atoms with Gasteiger partial charge in [0.2, 0.25) is 24.5 Å². The fourth-order valence-electron chi connectivity index (χ4n) is 4.16. The Kier molecular flexibility index (Phi) is 8.52. The molecule has 1 atom stereocenters. The number of amides is 3. The van der Waals surface area contributed by atoms with Crippen molar-refractivity contribution in [3.8, 4) is 11.5 Å². The number of anilines is 1. The SMILES string of the molecule is O=C(CS(=O)CC(=O)N(CC(=O)NC1CCCC1)Cc1ccc(F)cc1)Nc1ccc2c(c1)OCO2. The molecule has 0 spiro atoms. The zero-order valence-corrected chi connectivity index (χ0v) is 20.5. The first-order chi connectivity index (χ1) is 17.4. The van der Waals surface area contributed by atoms with Crippen LogP contribution in [0, 0.1) is 5.82 Å². The molecule has 192 valence electrons. The third kappa shape index (κ3) is 7.27. The molecule has 2 aliphatic rings. The van der Waals surface area contributed by atoms with Gasteiger partial charge in [0.1, 0.15) is 17.3 Å². The number of fused-ring (bicyclic) bond motifs is 1. The quantitative estimate of drug-likeness (QED) is 0.500. The lowest BCUT2D eigenvalue weighted by Crippen LogP contribution is -2.44. The van der Waals surface area contributed by atoms with Crippen LogP contribution < -0.4 is 20.1 Å².